The van der Waals surface area contributed by atoms with Crippen LogP contribution in [0.3, 0.4) is 0 Å². The molecule has 0 spiro atoms. The van der Waals surface area contributed by atoms with Gasteiger partial charge in [-0.3, -0.25) is 4.90 Å². The molecule has 0 saturated carbocycles. The molecule has 3 rings (SSSR count). The van der Waals surface area contributed by atoms with Crippen molar-refractivity contribution in [3.63, 3.8) is 0 Å². The third-order valence-corrected chi connectivity index (χ3v) is 4.49. The van der Waals surface area contributed by atoms with E-state index in [1.807, 2.05) is 0 Å². The van der Waals surface area contributed by atoms with Crippen LogP contribution in [0.15, 0.2) is 24.3 Å². The average molecular weight is 288 g/mol. The summed E-state index contributed by atoms with van der Waals surface area (Å²) in [7, 11) is 0. The maximum atomic E-state index is 6.10. The SMILES string of the molecule is CC(C)CC1CN(CC2Cc3ccccc3O2)CCCN1. The van der Waals surface area contributed by atoms with Crippen molar-refractivity contribution in [1.29, 1.82) is 0 Å². The van der Waals surface area contributed by atoms with Crippen molar-refractivity contribution >= 4 is 0 Å². The van der Waals surface area contributed by atoms with Crippen LogP contribution in [0.5, 0.6) is 5.75 Å². The smallest absolute Gasteiger partial charge is 0.123 e. The minimum Gasteiger partial charge on any atom is -0.488 e. The highest BCUT2D eigenvalue weighted by atomic mass is 16.5. The zero-order valence-electron chi connectivity index (χ0n) is 13.3. The summed E-state index contributed by atoms with van der Waals surface area (Å²) in [5, 5.41) is 3.70. The predicted octanol–water partition coefficient (Wildman–Crippen LogP) is 2.70. The Labute approximate surface area is 128 Å². The van der Waals surface area contributed by atoms with E-state index in [9.17, 15) is 0 Å². The minimum absolute atomic E-state index is 0.334. The molecule has 3 nitrogen and oxygen atoms in total. The number of benzene rings is 1. The lowest BCUT2D eigenvalue weighted by molar-refractivity contribution is 0.146. The van der Waals surface area contributed by atoms with Crippen molar-refractivity contribution in [3.05, 3.63) is 29.8 Å². The molecule has 0 bridgehead atoms. The van der Waals surface area contributed by atoms with E-state index in [1.165, 1.54) is 24.9 Å². The molecule has 0 aliphatic carbocycles. The zero-order valence-corrected chi connectivity index (χ0v) is 13.3. The summed E-state index contributed by atoms with van der Waals surface area (Å²) in [5.41, 5.74) is 1.37. The van der Waals surface area contributed by atoms with Gasteiger partial charge in [-0.25, -0.2) is 0 Å². The summed E-state index contributed by atoms with van der Waals surface area (Å²) in [5.74, 6) is 1.85. The molecule has 0 aromatic heterocycles. The van der Waals surface area contributed by atoms with E-state index in [1.54, 1.807) is 0 Å². The Morgan fingerprint density at radius 1 is 1.33 bits per heavy atom. The van der Waals surface area contributed by atoms with Crippen LogP contribution in [0.1, 0.15) is 32.3 Å². The van der Waals surface area contributed by atoms with Crippen LogP contribution < -0.4 is 10.1 Å². The summed E-state index contributed by atoms with van der Waals surface area (Å²) in [6.07, 6.45) is 3.91. The molecule has 21 heavy (non-hydrogen) atoms. The summed E-state index contributed by atoms with van der Waals surface area (Å²) in [6, 6.07) is 9.10. The molecular weight excluding hydrogens is 260 g/mol. The summed E-state index contributed by atoms with van der Waals surface area (Å²) >= 11 is 0. The fourth-order valence-corrected chi connectivity index (χ4v) is 3.61. The van der Waals surface area contributed by atoms with Crippen LogP contribution in [0.2, 0.25) is 0 Å². The molecule has 1 aromatic rings. The van der Waals surface area contributed by atoms with Crippen LogP contribution in [0.4, 0.5) is 0 Å². The number of hydrogen-bond donors (Lipinski definition) is 1. The Kier molecular flexibility index (Phi) is 4.81. The second kappa shape index (κ2) is 6.80. The lowest BCUT2D eigenvalue weighted by atomic mass is 10.0. The van der Waals surface area contributed by atoms with E-state index in [2.05, 4.69) is 48.3 Å². The standard InChI is InChI=1S/C18H28N2O/c1-14(2)10-16-12-20(9-5-8-19-16)13-17-11-15-6-3-4-7-18(15)21-17/h3-4,6-7,14,16-17,19H,5,8-13H2,1-2H3. The number of rotatable bonds is 4. The Morgan fingerprint density at radius 3 is 3.00 bits per heavy atom. The second-order valence-corrected chi connectivity index (χ2v) is 6.95. The largest absolute Gasteiger partial charge is 0.488 e. The van der Waals surface area contributed by atoms with Crippen LogP contribution in [-0.4, -0.2) is 43.2 Å². The second-order valence-electron chi connectivity index (χ2n) is 6.95. The van der Waals surface area contributed by atoms with Crippen molar-refractivity contribution < 1.29 is 4.74 Å². The van der Waals surface area contributed by atoms with Gasteiger partial charge in [-0.15, -0.1) is 0 Å². The fraction of sp³-hybridized carbons (Fsp3) is 0.667. The minimum atomic E-state index is 0.334. The molecule has 0 radical (unpaired) electrons. The third-order valence-electron chi connectivity index (χ3n) is 4.49. The molecule has 0 amide bonds. The maximum Gasteiger partial charge on any atom is 0.123 e. The number of ether oxygens (including phenoxy) is 1. The zero-order chi connectivity index (χ0) is 14.7. The normalized spacial score (nSPS) is 26.4. The lowest BCUT2D eigenvalue weighted by Crippen LogP contribution is -2.42. The highest BCUT2D eigenvalue weighted by Gasteiger charge is 2.26. The van der Waals surface area contributed by atoms with Gasteiger partial charge in [0.1, 0.15) is 11.9 Å². The molecule has 1 saturated heterocycles. The van der Waals surface area contributed by atoms with Crippen molar-refractivity contribution in [2.24, 2.45) is 5.92 Å². The van der Waals surface area contributed by atoms with Gasteiger partial charge in [-0.1, -0.05) is 32.0 Å². The van der Waals surface area contributed by atoms with Gasteiger partial charge in [0.15, 0.2) is 0 Å². The van der Waals surface area contributed by atoms with Gasteiger partial charge in [0, 0.05) is 25.6 Å². The molecule has 1 N–H and O–H groups in total. The van der Waals surface area contributed by atoms with Gasteiger partial charge < -0.3 is 10.1 Å². The first-order valence-electron chi connectivity index (χ1n) is 8.41. The molecule has 1 aromatic carbocycles. The molecule has 116 valence electrons. The predicted molar refractivity (Wildman–Crippen MR) is 86.9 cm³/mol. The average Bonchev–Trinajstić information content (AvgIpc) is 2.72. The van der Waals surface area contributed by atoms with Crippen molar-refractivity contribution in [1.82, 2.24) is 10.2 Å². The molecule has 2 atom stereocenters. The Bertz CT molecular complexity index is 435. The summed E-state index contributed by atoms with van der Waals surface area (Å²) in [6.45, 7) is 9.19. The number of para-hydroxylation sites is 1. The first-order valence-corrected chi connectivity index (χ1v) is 8.41. The van der Waals surface area contributed by atoms with E-state index < -0.39 is 0 Å². The van der Waals surface area contributed by atoms with Gasteiger partial charge in [-0.2, -0.15) is 0 Å². The highest BCUT2D eigenvalue weighted by Crippen LogP contribution is 2.28. The number of nitrogens with zero attached hydrogens (tertiary/aromatic N) is 1. The van der Waals surface area contributed by atoms with E-state index in [4.69, 9.17) is 4.74 Å². The molecule has 2 aliphatic rings. The first-order chi connectivity index (χ1) is 10.2. The van der Waals surface area contributed by atoms with Gasteiger partial charge in [0.05, 0.1) is 0 Å². The van der Waals surface area contributed by atoms with E-state index in [0.717, 1.165) is 37.7 Å². The van der Waals surface area contributed by atoms with Crippen molar-refractivity contribution in [3.8, 4) is 5.75 Å². The van der Waals surface area contributed by atoms with Crippen molar-refractivity contribution in [2.45, 2.75) is 45.3 Å². The molecule has 2 unspecified atom stereocenters. The van der Waals surface area contributed by atoms with Crippen LogP contribution >= 0.6 is 0 Å². The van der Waals surface area contributed by atoms with Gasteiger partial charge in [0.2, 0.25) is 0 Å². The maximum absolute atomic E-state index is 6.10. The Balaban J connectivity index is 1.55. The Morgan fingerprint density at radius 2 is 2.19 bits per heavy atom. The van der Waals surface area contributed by atoms with Gasteiger partial charge >= 0.3 is 0 Å². The number of nitrogens with one attached hydrogen (secondary N) is 1. The van der Waals surface area contributed by atoms with Crippen LogP contribution in [0, 0.1) is 5.92 Å². The number of fused-ring (bicyclic) bond motifs is 1. The first kappa shape index (κ1) is 14.9. The van der Waals surface area contributed by atoms with Crippen LogP contribution in [0.25, 0.3) is 0 Å². The van der Waals surface area contributed by atoms with Crippen LogP contribution in [-0.2, 0) is 6.42 Å². The topological polar surface area (TPSA) is 24.5 Å². The molecule has 1 fully saturated rings. The third kappa shape index (κ3) is 3.98. The van der Waals surface area contributed by atoms with Crippen molar-refractivity contribution in [2.75, 3.05) is 26.2 Å². The van der Waals surface area contributed by atoms with E-state index in [-0.39, 0.29) is 0 Å². The molecule has 2 aliphatic heterocycles. The van der Waals surface area contributed by atoms with E-state index >= 15 is 0 Å². The molecule has 3 heteroatoms. The molecular formula is C18H28N2O. The lowest BCUT2D eigenvalue weighted by Gasteiger charge is -2.27. The monoisotopic (exact) mass is 288 g/mol. The van der Waals surface area contributed by atoms with E-state index in [0.29, 0.717) is 12.1 Å². The summed E-state index contributed by atoms with van der Waals surface area (Å²) < 4.78 is 6.10. The van der Waals surface area contributed by atoms with Gasteiger partial charge in [-0.05, 0) is 43.5 Å². The molecule has 2 heterocycles. The van der Waals surface area contributed by atoms with Gasteiger partial charge in [0.25, 0.3) is 0 Å². The Hall–Kier alpha value is -1.06. The quantitative estimate of drug-likeness (QED) is 0.922. The highest BCUT2D eigenvalue weighted by molar-refractivity contribution is 5.37. The number of hydrogen-bond acceptors (Lipinski definition) is 3. The fourth-order valence-electron chi connectivity index (χ4n) is 3.61. The summed E-state index contributed by atoms with van der Waals surface area (Å²) in [4.78, 5) is 2.60.